The molecule has 0 spiro atoms. The molecule has 1 aromatic heterocycles. The molecule has 1 N–H and O–H groups in total. The predicted octanol–water partition coefficient (Wildman–Crippen LogP) is 2.64. The number of halogens is 2. The highest BCUT2D eigenvalue weighted by atomic mass is 35.5. The molecule has 84 valence electrons. The third-order valence-electron chi connectivity index (χ3n) is 2.24. The second-order valence-electron chi connectivity index (χ2n) is 3.22. The van der Waals surface area contributed by atoms with Crippen molar-refractivity contribution in [2.24, 2.45) is 0 Å². The lowest BCUT2D eigenvalue weighted by atomic mass is 10.0. The van der Waals surface area contributed by atoms with Crippen LogP contribution in [-0.4, -0.2) is 15.8 Å². The van der Waals surface area contributed by atoms with E-state index in [1.165, 1.54) is 6.07 Å². The number of nitrogens with one attached hydrogen (secondary N) is 1. The maximum atomic E-state index is 13.7. The molecule has 2 aromatic rings. The minimum atomic E-state index is -0.347. The van der Waals surface area contributed by atoms with Crippen molar-refractivity contribution in [3.8, 4) is 0 Å². The fourth-order valence-corrected chi connectivity index (χ4v) is 2.11. The van der Waals surface area contributed by atoms with E-state index in [1.54, 1.807) is 25.4 Å². The van der Waals surface area contributed by atoms with Gasteiger partial charge in [0.25, 0.3) is 0 Å². The summed E-state index contributed by atoms with van der Waals surface area (Å²) in [5.74, 6) is -0.347. The molecule has 0 radical (unpaired) electrons. The van der Waals surface area contributed by atoms with E-state index in [0.29, 0.717) is 16.3 Å². The first-order valence-corrected chi connectivity index (χ1v) is 5.73. The van der Waals surface area contributed by atoms with Crippen LogP contribution in [-0.2, 0) is 0 Å². The Hall–Kier alpha value is -1.04. The monoisotopic (exact) mass is 257 g/mol. The molecule has 1 unspecified atom stereocenters. The van der Waals surface area contributed by atoms with E-state index in [1.807, 2.05) is 0 Å². The van der Waals surface area contributed by atoms with E-state index in [0.717, 1.165) is 11.7 Å². The molecule has 1 heterocycles. The quantitative estimate of drug-likeness (QED) is 0.919. The summed E-state index contributed by atoms with van der Waals surface area (Å²) in [7, 11) is 1.75. The number of rotatable bonds is 3. The van der Waals surface area contributed by atoms with Crippen molar-refractivity contribution in [2.45, 2.75) is 6.04 Å². The SMILES string of the molecule is CNC(c1cnsn1)c1ccc(Cl)cc1F. The smallest absolute Gasteiger partial charge is 0.129 e. The van der Waals surface area contributed by atoms with Crippen molar-refractivity contribution in [3.05, 3.63) is 46.5 Å². The van der Waals surface area contributed by atoms with E-state index >= 15 is 0 Å². The summed E-state index contributed by atoms with van der Waals surface area (Å²) in [5.41, 5.74) is 1.22. The maximum absolute atomic E-state index is 13.7. The minimum absolute atomic E-state index is 0.295. The summed E-state index contributed by atoms with van der Waals surface area (Å²) in [4.78, 5) is 0. The van der Waals surface area contributed by atoms with Gasteiger partial charge < -0.3 is 5.32 Å². The summed E-state index contributed by atoms with van der Waals surface area (Å²) in [6.45, 7) is 0. The Balaban J connectivity index is 2.41. The molecule has 6 heteroatoms. The van der Waals surface area contributed by atoms with Gasteiger partial charge in [0.1, 0.15) is 5.82 Å². The Kier molecular flexibility index (Phi) is 3.48. The topological polar surface area (TPSA) is 37.8 Å². The molecule has 0 bridgehead atoms. The predicted molar refractivity (Wildman–Crippen MR) is 62.2 cm³/mol. The van der Waals surface area contributed by atoms with Gasteiger partial charge in [-0.25, -0.2) is 4.39 Å². The van der Waals surface area contributed by atoms with Gasteiger partial charge in [-0.2, -0.15) is 8.75 Å². The summed E-state index contributed by atoms with van der Waals surface area (Å²) >= 11 is 6.80. The van der Waals surface area contributed by atoms with Gasteiger partial charge in [0.05, 0.1) is 29.7 Å². The van der Waals surface area contributed by atoms with Crippen LogP contribution in [0.4, 0.5) is 4.39 Å². The fourth-order valence-electron chi connectivity index (χ4n) is 1.50. The molecule has 1 aromatic carbocycles. The number of hydrogen-bond acceptors (Lipinski definition) is 4. The third kappa shape index (κ3) is 2.21. The van der Waals surface area contributed by atoms with Gasteiger partial charge in [-0.3, -0.25) is 0 Å². The number of benzene rings is 1. The van der Waals surface area contributed by atoms with Crippen molar-refractivity contribution >= 4 is 23.3 Å². The van der Waals surface area contributed by atoms with Crippen LogP contribution in [0.5, 0.6) is 0 Å². The van der Waals surface area contributed by atoms with Crippen LogP contribution in [0.1, 0.15) is 17.3 Å². The molecule has 0 amide bonds. The van der Waals surface area contributed by atoms with Gasteiger partial charge in [-0.05, 0) is 19.2 Å². The molecule has 0 aliphatic heterocycles. The number of hydrogen-bond donors (Lipinski definition) is 1. The lowest BCUT2D eigenvalue weighted by Crippen LogP contribution is -2.19. The van der Waals surface area contributed by atoms with E-state index in [9.17, 15) is 4.39 Å². The molecule has 0 saturated heterocycles. The Morgan fingerprint density at radius 2 is 2.31 bits per heavy atom. The molecule has 16 heavy (non-hydrogen) atoms. The Bertz CT molecular complexity index is 475. The fraction of sp³-hybridized carbons (Fsp3) is 0.200. The van der Waals surface area contributed by atoms with Crippen LogP contribution in [0.25, 0.3) is 0 Å². The number of nitrogens with zero attached hydrogens (tertiary/aromatic N) is 2. The van der Waals surface area contributed by atoms with Crippen molar-refractivity contribution in [2.75, 3.05) is 7.05 Å². The van der Waals surface area contributed by atoms with Gasteiger partial charge in [0, 0.05) is 10.6 Å². The van der Waals surface area contributed by atoms with Gasteiger partial charge in [-0.15, -0.1) is 0 Å². The molecular formula is C10H9ClFN3S. The average Bonchev–Trinajstić information content (AvgIpc) is 2.75. The molecule has 3 nitrogen and oxygen atoms in total. The first-order chi connectivity index (χ1) is 7.72. The maximum Gasteiger partial charge on any atom is 0.129 e. The van der Waals surface area contributed by atoms with Crippen molar-refractivity contribution in [1.82, 2.24) is 14.1 Å². The van der Waals surface area contributed by atoms with E-state index in [2.05, 4.69) is 14.1 Å². The number of aromatic nitrogens is 2. The zero-order valence-electron chi connectivity index (χ0n) is 8.45. The zero-order chi connectivity index (χ0) is 11.5. The first-order valence-electron chi connectivity index (χ1n) is 4.62. The molecule has 0 aliphatic carbocycles. The summed E-state index contributed by atoms with van der Waals surface area (Å²) < 4.78 is 21.7. The van der Waals surface area contributed by atoms with Crippen molar-refractivity contribution < 1.29 is 4.39 Å². The van der Waals surface area contributed by atoms with Crippen LogP contribution in [0.3, 0.4) is 0 Å². The highest BCUT2D eigenvalue weighted by molar-refractivity contribution is 6.99. The van der Waals surface area contributed by atoms with Crippen LogP contribution >= 0.6 is 23.3 Å². The van der Waals surface area contributed by atoms with Gasteiger partial charge >= 0.3 is 0 Å². The highest BCUT2D eigenvalue weighted by Gasteiger charge is 2.18. The molecule has 2 rings (SSSR count). The third-order valence-corrected chi connectivity index (χ3v) is 2.96. The molecular weight excluding hydrogens is 249 g/mol. The minimum Gasteiger partial charge on any atom is -0.308 e. The van der Waals surface area contributed by atoms with Crippen LogP contribution in [0.15, 0.2) is 24.4 Å². The van der Waals surface area contributed by atoms with Gasteiger partial charge in [0.2, 0.25) is 0 Å². The molecule has 0 fully saturated rings. The second kappa shape index (κ2) is 4.86. The largest absolute Gasteiger partial charge is 0.308 e. The standard InChI is InChI=1S/C10H9ClFN3S/c1-13-10(9-5-14-16-15-9)7-3-2-6(11)4-8(7)12/h2-5,10,13H,1H3. The van der Waals surface area contributed by atoms with Crippen molar-refractivity contribution in [3.63, 3.8) is 0 Å². The highest BCUT2D eigenvalue weighted by Crippen LogP contribution is 2.25. The van der Waals surface area contributed by atoms with Gasteiger partial charge in [-0.1, -0.05) is 17.7 Å². The van der Waals surface area contributed by atoms with Crippen LogP contribution in [0.2, 0.25) is 5.02 Å². The average molecular weight is 258 g/mol. The van der Waals surface area contributed by atoms with Crippen LogP contribution in [0, 0.1) is 5.82 Å². The Morgan fingerprint density at radius 1 is 1.50 bits per heavy atom. The Morgan fingerprint density at radius 3 is 2.88 bits per heavy atom. The summed E-state index contributed by atoms with van der Waals surface area (Å²) in [6, 6.07) is 4.31. The normalized spacial score (nSPS) is 12.7. The second-order valence-corrected chi connectivity index (χ2v) is 4.21. The van der Waals surface area contributed by atoms with Crippen LogP contribution < -0.4 is 5.32 Å². The summed E-state index contributed by atoms with van der Waals surface area (Å²) in [5, 5.41) is 3.38. The van der Waals surface area contributed by atoms with E-state index in [4.69, 9.17) is 11.6 Å². The molecule has 0 saturated carbocycles. The van der Waals surface area contributed by atoms with E-state index < -0.39 is 0 Å². The first kappa shape index (κ1) is 11.4. The Labute approximate surface area is 102 Å². The zero-order valence-corrected chi connectivity index (χ0v) is 10.0. The lowest BCUT2D eigenvalue weighted by molar-refractivity contribution is 0.572. The van der Waals surface area contributed by atoms with Crippen molar-refractivity contribution in [1.29, 1.82) is 0 Å². The molecule has 0 aliphatic rings. The van der Waals surface area contributed by atoms with E-state index in [-0.39, 0.29) is 11.9 Å². The summed E-state index contributed by atoms with van der Waals surface area (Å²) in [6.07, 6.45) is 1.62. The lowest BCUT2D eigenvalue weighted by Gasteiger charge is -2.14. The molecule has 1 atom stereocenters. The van der Waals surface area contributed by atoms with Gasteiger partial charge in [0.15, 0.2) is 0 Å².